The molecule has 0 fully saturated rings. The van der Waals surface area contributed by atoms with E-state index in [1.54, 1.807) is 25.3 Å². The highest BCUT2D eigenvalue weighted by Gasteiger charge is 2.25. The van der Waals surface area contributed by atoms with Crippen LogP contribution in [0.5, 0.6) is 5.75 Å². The molecule has 19 heavy (non-hydrogen) atoms. The summed E-state index contributed by atoms with van der Waals surface area (Å²) in [7, 11) is -1.93. The van der Waals surface area contributed by atoms with Crippen LogP contribution in [-0.2, 0) is 20.5 Å². The van der Waals surface area contributed by atoms with Gasteiger partial charge in [0.2, 0.25) is 0 Å². The molecule has 6 nitrogen and oxygen atoms in total. The molecular formula is C12H16N2O4S. The van der Waals surface area contributed by atoms with Gasteiger partial charge in [-0.1, -0.05) is 12.1 Å². The molecule has 0 saturated carbocycles. The third-order valence-electron chi connectivity index (χ3n) is 2.67. The summed E-state index contributed by atoms with van der Waals surface area (Å²) in [5, 5.41) is 0. The molecule has 0 saturated heterocycles. The van der Waals surface area contributed by atoms with Gasteiger partial charge in [-0.05, 0) is 18.6 Å². The lowest BCUT2D eigenvalue weighted by atomic mass is 10.1. The van der Waals surface area contributed by atoms with Gasteiger partial charge >= 0.3 is 0 Å². The molecule has 1 aromatic carbocycles. The SMILES string of the molecule is COCC(C)Oc1cccc2c1C(N)=NS(=O)(=O)C2. The minimum Gasteiger partial charge on any atom is -0.488 e. The first-order valence-corrected chi connectivity index (χ1v) is 7.40. The quantitative estimate of drug-likeness (QED) is 0.876. The van der Waals surface area contributed by atoms with Crippen molar-refractivity contribution in [1.29, 1.82) is 0 Å². The maximum absolute atomic E-state index is 11.5. The van der Waals surface area contributed by atoms with Crippen molar-refractivity contribution in [2.45, 2.75) is 18.8 Å². The number of amidine groups is 1. The highest BCUT2D eigenvalue weighted by atomic mass is 32.2. The van der Waals surface area contributed by atoms with Crippen LogP contribution in [-0.4, -0.2) is 34.1 Å². The summed E-state index contributed by atoms with van der Waals surface area (Å²) in [6.07, 6.45) is -0.164. The maximum atomic E-state index is 11.5. The van der Waals surface area contributed by atoms with Crippen molar-refractivity contribution in [3.8, 4) is 5.75 Å². The predicted octanol–water partition coefficient (Wildman–Crippen LogP) is 0.649. The summed E-state index contributed by atoms with van der Waals surface area (Å²) < 4.78 is 37.3. The molecule has 1 heterocycles. The highest BCUT2D eigenvalue weighted by molar-refractivity contribution is 7.89. The molecule has 0 aromatic heterocycles. The van der Waals surface area contributed by atoms with E-state index in [0.717, 1.165) is 0 Å². The number of rotatable bonds is 4. The molecule has 2 rings (SSSR count). The number of sulfonamides is 1. The Morgan fingerprint density at radius 1 is 1.47 bits per heavy atom. The van der Waals surface area contributed by atoms with Gasteiger partial charge in [-0.15, -0.1) is 4.40 Å². The summed E-state index contributed by atoms with van der Waals surface area (Å²) >= 11 is 0. The number of hydrogen-bond donors (Lipinski definition) is 1. The zero-order valence-electron chi connectivity index (χ0n) is 10.8. The Hall–Kier alpha value is -1.60. The largest absolute Gasteiger partial charge is 0.488 e. The zero-order chi connectivity index (χ0) is 14.0. The summed E-state index contributed by atoms with van der Waals surface area (Å²) in [6, 6.07) is 5.19. The number of ether oxygens (including phenoxy) is 2. The number of fused-ring (bicyclic) bond motifs is 1. The number of hydrogen-bond acceptors (Lipinski definition) is 5. The summed E-state index contributed by atoms with van der Waals surface area (Å²) in [4.78, 5) is 0. The molecule has 1 aromatic rings. The fourth-order valence-corrected chi connectivity index (χ4v) is 3.08. The molecule has 0 bridgehead atoms. The topological polar surface area (TPSA) is 91.0 Å². The summed E-state index contributed by atoms with van der Waals surface area (Å²) in [6.45, 7) is 2.29. The van der Waals surface area contributed by atoms with Crippen LogP contribution in [0.4, 0.5) is 0 Å². The van der Waals surface area contributed by atoms with Gasteiger partial charge in [0.15, 0.2) is 0 Å². The minimum atomic E-state index is -3.52. The predicted molar refractivity (Wildman–Crippen MR) is 71.8 cm³/mol. The lowest BCUT2D eigenvalue weighted by Crippen LogP contribution is -2.26. The van der Waals surface area contributed by atoms with Crippen LogP contribution in [0.1, 0.15) is 18.1 Å². The Balaban J connectivity index is 2.39. The molecule has 7 heteroatoms. The average molecular weight is 284 g/mol. The average Bonchev–Trinajstić information content (AvgIpc) is 2.26. The van der Waals surface area contributed by atoms with Gasteiger partial charge in [-0.2, -0.15) is 0 Å². The third kappa shape index (κ3) is 3.05. The maximum Gasteiger partial charge on any atom is 0.259 e. The van der Waals surface area contributed by atoms with Crippen molar-refractivity contribution in [3.63, 3.8) is 0 Å². The van der Waals surface area contributed by atoms with Crippen molar-refractivity contribution < 1.29 is 17.9 Å². The third-order valence-corrected chi connectivity index (χ3v) is 3.82. The first kappa shape index (κ1) is 13.8. The van der Waals surface area contributed by atoms with Crippen molar-refractivity contribution >= 4 is 15.9 Å². The van der Waals surface area contributed by atoms with Crippen LogP contribution in [0.25, 0.3) is 0 Å². The molecule has 1 atom stereocenters. The van der Waals surface area contributed by atoms with E-state index in [2.05, 4.69) is 4.40 Å². The number of nitrogens with two attached hydrogens (primary N) is 1. The van der Waals surface area contributed by atoms with E-state index in [1.807, 2.05) is 6.92 Å². The second-order valence-electron chi connectivity index (χ2n) is 4.38. The Morgan fingerprint density at radius 2 is 2.21 bits per heavy atom. The van der Waals surface area contributed by atoms with Crippen molar-refractivity contribution in [3.05, 3.63) is 29.3 Å². The van der Waals surface area contributed by atoms with Crippen molar-refractivity contribution in [2.24, 2.45) is 10.1 Å². The lowest BCUT2D eigenvalue weighted by molar-refractivity contribution is 0.0919. The van der Waals surface area contributed by atoms with Crippen LogP contribution in [0.2, 0.25) is 0 Å². The molecule has 1 unspecified atom stereocenters. The van der Waals surface area contributed by atoms with Gasteiger partial charge in [-0.3, -0.25) is 0 Å². The van der Waals surface area contributed by atoms with Crippen molar-refractivity contribution in [2.75, 3.05) is 13.7 Å². The summed E-state index contributed by atoms with van der Waals surface area (Å²) in [5.41, 5.74) is 6.89. The highest BCUT2D eigenvalue weighted by Crippen LogP contribution is 2.28. The monoisotopic (exact) mass is 284 g/mol. The van der Waals surface area contributed by atoms with E-state index in [4.69, 9.17) is 15.2 Å². The molecule has 0 radical (unpaired) electrons. The van der Waals surface area contributed by atoms with E-state index in [9.17, 15) is 8.42 Å². The molecule has 104 valence electrons. The van der Waals surface area contributed by atoms with Gasteiger partial charge in [0, 0.05) is 7.11 Å². The van der Waals surface area contributed by atoms with Crippen LogP contribution in [0.15, 0.2) is 22.6 Å². The second kappa shape index (κ2) is 5.18. The second-order valence-corrected chi connectivity index (χ2v) is 6.01. The molecule has 1 aliphatic rings. The van der Waals surface area contributed by atoms with Gasteiger partial charge in [-0.25, -0.2) is 8.42 Å². The summed E-state index contributed by atoms with van der Waals surface area (Å²) in [5.74, 6) is 0.346. The van der Waals surface area contributed by atoms with Gasteiger partial charge < -0.3 is 15.2 Å². The van der Waals surface area contributed by atoms with E-state index in [-0.39, 0.29) is 17.7 Å². The number of benzene rings is 1. The Bertz CT molecular complexity index is 610. The fourth-order valence-electron chi connectivity index (χ4n) is 2.00. The zero-order valence-corrected chi connectivity index (χ0v) is 11.6. The normalized spacial score (nSPS) is 18.3. The molecule has 0 aliphatic carbocycles. The van der Waals surface area contributed by atoms with E-state index in [0.29, 0.717) is 23.5 Å². The van der Waals surface area contributed by atoms with Crippen LogP contribution < -0.4 is 10.5 Å². The molecule has 1 aliphatic heterocycles. The lowest BCUT2D eigenvalue weighted by Gasteiger charge is -2.20. The molecule has 0 amide bonds. The Kier molecular flexibility index (Phi) is 3.77. The van der Waals surface area contributed by atoms with Crippen LogP contribution in [0.3, 0.4) is 0 Å². The van der Waals surface area contributed by atoms with Gasteiger partial charge in [0.1, 0.15) is 17.7 Å². The van der Waals surface area contributed by atoms with E-state index < -0.39 is 10.0 Å². The smallest absolute Gasteiger partial charge is 0.259 e. The van der Waals surface area contributed by atoms with Gasteiger partial charge in [0.25, 0.3) is 10.0 Å². The molecule has 0 spiro atoms. The number of methoxy groups -OCH3 is 1. The molecule has 2 N–H and O–H groups in total. The number of nitrogens with zero attached hydrogens (tertiary/aromatic N) is 1. The molecular weight excluding hydrogens is 268 g/mol. The standard InChI is InChI=1S/C12H16N2O4S/c1-8(6-17-2)18-10-5-3-4-9-7-19(15,16)14-12(13)11(9)10/h3-5,8H,6-7H2,1-2H3,(H2,13,14). The van der Waals surface area contributed by atoms with Gasteiger partial charge in [0.05, 0.1) is 17.9 Å². The Labute approximate surface area is 112 Å². The van der Waals surface area contributed by atoms with E-state index in [1.165, 1.54) is 0 Å². The first-order chi connectivity index (χ1) is 8.93. The fraction of sp³-hybridized carbons (Fsp3) is 0.417. The van der Waals surface area contributed by atoms with Crippen molar-refractivity contribution in [1.82, 2.24) is 0 Å². The Morgan fingerprint density at radius 3 is 2.89 bits per heavy atom. The van der Waals surface area contributed by atoms with E-state index >= 15 is 0 Å². The van der Waals surface area contributed by atoms with Crippen LogP contribution in [0, 0.1) is 0 Å². The first-order valence-electron chi connectivity index (χ1n) is 5.79. The minimum absolute atomic E-state index is 0.0264. The van der Waals surface area contributed by atoms with Crippen LogP contribution >= 0.6 is 0 Å².